The first-order valence-electron chi connectivity index (χ1n) is 5.99. The highest BCUT2D eigenvalue weighted by molar-refractivity contribution is 5.66. The van der Waals surface area contributed by atoms with Gasteiger partial charge in [-0.3, -0.25) is 0 Å². The van der Waals surface area contributed by atoms with Gasteiger partial charge in [0.25, 0.3) is 0 Å². The summed E-state index contributed by atoms with van der Waals surface area (Å²) in [4.78, 5) is 2.51. The summed E-state index contributed by atoms with van der Waals surface area (Å²) < 4.78 is 5.43. The molecule has 0 bridgehead atoms. The van der Waals surface area contributed by atoms with Crippen molar-refractivity contribution in [3.8, 4) is 5.75 Å². The molecule has 3 rings (SSSR count). The quantitative estimate of drug-likeness (QED) is 0.818. The number of fused-ring (bicyclic) bond motifs is 3. The molecule has 1 saturated heterocycles. The van der Waals surface area contributed by atoms with Gasteiger partial charge in [0, 0.05) is 29.9 Å². The smallest absolute Gasteiger partial charge is 0.124 e. The number of hydrogen-bond donors (Lipinski definition) is 1. The van der Waals surface area contributed by atoms with Crippen molar-refractivity contribution >= 4 is 5.69 Å². The van der Waals surface area contributed by atoms with E-state index in [2.05, 4.69) is 23.1 Å². The molecular weight excluding hydrogens is 200 g/mol. The van der Waals surface area contributed by atoms with Crippen molar-refractivity contribution in [2.24, 2.45) is 5.73 Å². The standard InChI is InChI=1S/C13H18N2O/c1-16-13-4-2-3-12-11(13)7-9-5-6-10(8-14)15(9)12/h2-4,9-10H,5-8,14H2,1H3. The molecule has 0 aliphatic carbocycles. The molecule has 2 aliphatic rings. The fourth-order valence-corrected chi connectivity index (χ4v) is 3.21. The average molecular weight is 218 g/mol. The molecular formula is C13H18N2O. The van der Waals surface area contributed by atoms with E-state index in [9.17, 15) is 0 Å². The number of benzene rings is 1. The highest BCUT2D eigenvalue weighted by atomic mass is 16.5. The molecule has 0 saturated carbocycles. The Morgan fingerprint density at radius 1 is 1.44 bits per heavy atom. The molecule has 0 radical (unpaired) electrons. The minimum Gasteiger partial charge on any atom is -0.496 e. The van der Waals surface area contributed by atoms with E-state index in [1.807, 2.05) is 0 Å². The van der Waals surface area contributed by atoms with Crippen molar-refractivity contribution in [3.63, 3.8) is 0 Å². The molecule has 0 spiro atoms. The Balaban J connectivity index is 2.03. The Morgan fingerprint density at radius 2 is 2.31 bits per heavy atom. The van der Waals surface area contributed by atoms with Gasteiger partial charge in [-0.25, -0.2) is 0 Å². The molecule has 1 aromatic carbocycles. The van der Waals surface area contributed by atoms with Gasteiger partial charge < -0.3 is 15.4 Å². The predicted molar refractivity (Wildman–Crippen MR) is 65.0 cm³/mol. The van der Waals surface area contributed by atoms with E-state index < -0.39 is 0 Å². The minimum atomic E-state index is 0.526. The molecule has 2 heterocycles. The highest BCUT2D eigenvalue weighted by Crippen LogP contribution is 2.44. The molecule has 2 unspecified atom stereocenters. The van der Waals surface area contributed by atoms with Crippen molar-refractivity contribution in [2.45, 2.75) is 31.3 Å². The normalized spacial score (nSPS) is 26.8. The fraction of sp³-hybridized carbons (Fsp3) is 0.538. The molecule has 16 heavy (non-hydrogen) atoms. The van der Waals surface area contributed by atoms with E-state index in [4.69, 9.17) is 10.5 Å². The third kappa shape index (κ3) is 1.24. The summed E-state index contributed by atoms with van der Waals surface area (Å²) >= 11 is 0. The molecule has 86 valence electrons. The lowest BCUT2D eigenvalue weighted by Crippen LogP contribution is -2.37. The summed E-state index contributed by atoms with van der Waals surface area (Å²) in [5.41, 5.74) is 8.56. The van der Waals surface area contributed by atoms with Crippen molar-refractivity contribution in [2.75, 3.05) is 18.6 Å². The number of nitrogens with two attached hydrogens (primary N) is 1. The van der Waals surface area contributed by atoms with Gasteiger partial charge in [0.2, 0.25) is 0 Å². The summed E-state index contributed by atoms with van der Waals surface area (Å²) in [7, 11) is 1.75. The Morgan fingerprint density at radius 3 is 3.06 bits per heavy atom. The molecule has 1 aromatic rings. The molecule has 2 N–H and O–H groups in total. The van der Waals surface area contributed by atoms with Gasteiger partial charge in [-0.2, -0.15) is 0 Å². The van der Waals surface area contributed by atoms with Crippen molar-refractivity contribution in [1.82, 2.24) is 0 Å². The number of anilines is 1. The third-order valence-corrected chi connectivity index (χ3v) is 3.94. The predicted octanol–water partition coefficient (Wildman–Crippen LogP) is 1.55. The maximum Gasteiger partial charge on any atom is 0.124 e. The number of nitrogens with zero attached hydrogens (tertiary/aromatic N) is 1. The van der Waals surface area contributed by atoms with E-state index in [1.54, 1.807) is 7.11 Å². The van der Waals surface area contributed by atoms with Gasteiger partial charge in [0.05, 0.1) is 7.11 Å². The average Bonchev–Trinajstić information content (AvgIpc) is 2.86. The second-order valence-corrected chi connectivity index (χ2v) is 4.69. The molecule has 0 aromatic heterocycles. The molecule has 2 atom stereocenters. The van der Waals surface area contributed by atoms with E-state index in [1.165, 1.54) is 24.1 Å². The summed E-state index contributed by atoms with van der Waals surface area (Å²) in [6.07, 6.45) is 3.62. The number of rotatable bonds is 2. The van der Waals surface area contributed by atoms with Gasteiger partial charge in [-0.1, -0.05) is 6.07 Å². The van der Waals surface area contributed by atoms with Gasteiger partial charge in [-0.15, -0.1) is 0 Å². The zero-order valence-electron chi connectivity index (χ0n) is 9.65. The summed E-state index contributed by atoms with van der Waals surface area (Å²) in [6.45, 7) is 0.757. The van der Waals surface area contributed by atoms with Crippen LogP contribution in [0.1, 0.15) is 18.4 Å². The Bertz CT molecular complexity index is 405. The van der Waals surface area contributed by atoms with E-state index in [0.29, 0.717) is 12.1 Å². The van der Waals surface area contributed by atoms with Crippen molar-refractivity contribution < 1.29 is 4.74 Å². The van der Waals surface area contributed by atoms with Crippen molar-refractivity contribution in [1.29, 1.82) is 0 Å². The summed E-state index contributed by atoms with van der Waals surface area (Å²) in [5.74, 6) is 1.03. The number of methoxy groups -OCH3 is 1. The van der Waals surface area contributed by atoms with Crippen LogP contribution in [0.25, 0.3) is 0 Å². The third-order valence-electron chi connectivity index (χ3n) is 3.94. The van der Waals surface area contributed by atoms with Crippen LogP contribution in [-0.2, 0) is 6.42 Å². The second-order valence-electron chi connectivity index (χ2n) is 4.69. The molecule has 0 amide bonds. The Labute approximate surface area is 96.2 Å². The van der Waals surface area contributed by atoms with Crippen LogP contribution in [0.15, 0.2) is 18.2 Å². The summed E-state index contributed by atoms with van der Waals surface area (Å²) in [6, 6.07) is 7.51. The van der Waals surface area contributed by atoms with Gasteiger partial charge >= 0.3 is 0 Å². The van der Waals surface area contributed by atoms with E-state index in [-0.39, 0.29) is 0 Å². The SMILES string of the molecule is COc1cccc2c1CC1CCC(CN)N21. The van der Waals surface area contributed by atoms with Crippen molar-refractivity contribution in [3.05, 3.63) is 23.8 Å². The lowest BCUT2D eigenvalue weighted by Gasteiger charge is -2.26. The largest absolute Gasteiger partial charge is 0.496 e. The first-order valence-corrected chi connectivity index (χ1v) is 5.99. The van der Waals surface area contributed by atoms with Crippen LogP contribution in [0.5, 0.6) is 5.75 Å². The first-order chi connectivity index (χ1) is 7.85. The second kappa shape index (κ2) is 3.67. The van der Waals surface area contributed by atoms with Crippen LogP contribution >= 0.6 is 0 Å². The van der Waals surface area contributed by atoms with Crippen LogP contribution < -0.4 is 15.4 Å². The van der Waals surface area contributed by atoms with Crippen LogP contribution in [-0.4, -0.2) is 25.7 Å². The van der Waals surface area contributed by atoms with Gasteiger partial charge in [-0.05, 0) is 31.4 Å². The molecule has 3 heteroatoms. The van der Waals surface area contributed by atoms with Gasteiger partial charge in [0.1, 0.15) is 5.75 Å². The van der Waals surface area contributed by atoms with Crippen LogP contribution in [0.2, 0.25) is 0 Å². The van der Waals surface area contributed by atoms with Crippen LogP contribution in [0.4, 0.5) is 5.69 Å². The maximum absolute atomic E-state index is 5.84. The topological polar surface area (TPSA) is 38.5 Å². The van der Waals surface area contributed by atoms with Crippen LogP contribution in [0, 0.1) is 0 Å². The summed E-state index contributed by atoms with van der Waals surface area (Å²) in [5, 5.41) is 0. The minimum absolute atomic E-state index is 0.526. The monoisotopic (exact) mass is 218 g/mol. The van der Waals surface area contributed by atoms with Gasteiger partial charge in [0.15, 0.2) is 0 Å². The molecule has 3 nitrogen and oxygen atoms in total. The fourth-order valence-electron chi connectivity index (χ4n) is 3.21. The highest BCUT2D eigenvalue weighted by Gasteiger charge is 2.39. The number of ether oxygens (including phenoxy) is 1. The number of hydrogen-bond acceptors (Lipinski definition) is 3. The Kier molecular flexibility index (Phi) is 2.28. The zero-order chi connectivity index (χ0) is 11.1. The molecule has 1 fully saturated rings. The zero-order valence-corrected chi connectivity index (χ0v) is 9.65. The molecule has 2 aliphatic heterocycles. The maximum atomic E-state index is 5.84. The lowest BCUT2D eigenvalue weighted by atomic mass is 10.1. The Hall–Kier alpha value is -1.22. The van der Waals surface area contributed by atoms with E-state index >= 15 is 0 Å². The first kappa shape index (κ1) is 9.97. The van der Waals surface area contributed by atoms with E-state index in [0.717, 1.165) is 18.7 Å². The van der Waals surface area contributed by atoms with Crippen LogP contribution in [0.3, 0.4) is 0 Å². The lowest BCUT2D eigenvalue weighted by molar-refractivity contribution is 0.410.